The van der Waals surface area contributed by atoms with Crippen molar-refractivity contribution in [3.8, 4) is 11.5 Å². The Kier molecular flexibility index (Phi) is 2.18. The predicted molar refractivity (Wildman–Crippen MR) is 58.7 cm³/mol. The third kappa shape index (κ3) is 1.69. The van der Waals surface area contributed by atoms with Gasteiger partial charge in [0.15, 0.2) is 11.5 Å². The molecule has 1 unspecified atom stereocenters. The van der Waals surface area contributed by atoms with Crippen LogP contribution in [0.4, 0.5) is 14.5 Å². The normalized spacial score (nSPS) is 25.4. The van der Waals surface area contributed by atoms with E-state index in [2.05, 4.69) is 21.3 Å². The molecule has 1 saturated heterocycles. The van der Waals surface area contributed by atoms with E-state index in [1.165, 1.54) is 6.07 Å². The molecule has 5 heteroatoms. The number of fused-ring (bicyclic) bond motifs is 1. The summed E-state index contributed by atoms with van der Waals surface area (Å²) in [5.41, 5.74) is 0.699. The Hall–Kier alpha value is -1.52. The van der Waals surface area contributed by atoms with Crippen molar-refractivity contribution < 1.29 is 18.3 Å². The van der Waals surface area contributed by atoms with E-state index in [9.17, 15) is 8.78 Å². The summed E-state index contributed by atoms with van der Waals surface area (Å²) in [6.07, 6.45) is -1.40. The smallest absolute Gasteiger partial charge is 0.395 e. The fourth-order valence-electron chi connectivity index (χ4n) is 2.47. The lowest BCUT2D eigenvalue weighted by Crippen LogP contribution is -2.28. The standard InChI is InChI=1S/C12H13F2NO2/c1-8-4-3-7-15(8)9-5-2-6-10-11(9)17-12(13,14)16-10/h2,5-6,8H,3-4,7H2,1H3. The molecule has 2 heterocycles. The Morgan fingerprint density at radius 1 is 1.35 bits per heavy atom. The van der Waals surface area contributed by atoms with Crippen LogP contribution in [-0.2, 0) is 0 Å². The fraction of sp³-hybridized carbons (Fsp3) is 0.500. The van der Waals surface area contributed by atoms with Gasteiger partial charge in [0, 0.05) is 12.6 Å². The van der Waals surface area contributed by atoms with Crippen LogP contribution in [0.3, 0.4) is 0 Å². The second-order valence-electron chi connectivity index (χ2n) is 4.46. The van der Waals surface area contributed by atoms with Crippen LogP contribution < -0.4 is 14.4 Å². The van der Waals surface area contributed by atoms with Gasteiger partial charge in [-0.15, -0.1) is 8.78 Å². The summed E-state index contributed by atoms with van der Waals surface area (Å²) in [4.78, 5) is 2.09. The number of anilines is 1. The van der Waals surface area contributed by atoms with Gasteiger partial charge in [-0.2, -0.15) is 0 Å². The number of para-hydroxylation sites is 1. The highest BCUT2D eigenvalue weighted by atomic mass is 19.3. The van der Waals surface area contributed by atoms with Crippen molar-refractivity contribution in [1.82, 2.24) is 0 Å². The molecule has 1 aromatic rings. The van der Waals surface area contributed by atoms with Crippen molar-refractivity contribution in [2.24, 2.45) is 0 Å². The molecule has 1 fully saturated rings. The molecule has 0 bridgehead atoms. The first kappa shape index (κ1) is 10.6. The number of halogens is 2. The molecule has 0 aromatic heterocycles. The molecule has 3 nitrogen and oxygen atoms in total. The average Bonchev–Trinajstić information content (AvgIpc) is 2.78. The van der Waals surface area contributed by atoms with Gasteiger partial charge in [-0.05, 0) is 31.9 Å². The van der Waals surface area contributed by atoms with Gasteiger partial charge in [0.05, 0.1) is 5.69 Å². The van der Waals surface area contributed by atoms with Gasteiger partial charge in [0.25, 0.3) is 0 Å². The first-order valence-electron chi connectivity index (χ1n) is 5.72. The molecule has 0 aliphatic carbocycles. The second kappa shape index (κ2) is 3.48. The van der Waals surface area contributed by atoms with E-state index in [0.29, 0.717) is 11.7 Å². The van der Waals surface area contributed by atoms with E-state index in [4.69, 9.17) is 0 Å². The molecule has 2 aliphatic rings. The largest absolute Gasteiger partial charge is 0.586 e. The Balaban J connectivity index is 2.00. The zero-order valence-corrected chi connectivity index (χ0v) is 9.45. The minimum atomic E-state index is -3.54. The van der Waals surface area contributed by atoms with Gasteiger partial charge < -0.3 is 14.4 Å². The van der Waals surface area contributed by atoms with Crippen LogP contribution in [0.1, 0.15) is 19.8 Å². The summed E-state index contributed by atoms with van der Waals surface area (Å²) in [7, 11) is 0. The molecular formula is C12H13F2NO2. The molecule has 1 atom stereocenters. The first-order valence-corrected chi connectivity index (χ1v) is 5.72. The van der Waals surface area contributed by atoms with E-state index in [1.54, 1.807) is 12.1 Å². The van der Waals surface area contributed by atoms with Gasteiger partial charge in [-0.25, -0.2) is 0 Å². The van der Waals surface area contributed by atoms with Crippen LogP contribution in [0.5, 0.6) is 11.5 Å². The molecule has 0 spiro atoms. The molecule has 0 saturated carbocycles. The number of hydrogen-bond donors (Lipinski definition) is 0. The van der Waals surface area contributed by atoms with E-state index >= 15 is 0 Å². The predicted octanol–water partition coefficient (Wildman–Crippen LogP) is 3.00. The van der Waals surface area contributed by atoms with E-state index in [0.717, 1.165) is 19.4 Å². The molecule has 1 aromatic carbocycles. The van der Waals surface area contributed by atoms with E-state index < -0.39 is 6.29 Å². The number of rotatable bonds is 1. The van der Waals surface area contributed by atoms with E-state index in [1.807, 2.05) is 0 Å². The maximum Gasteiger partial charge on any atom is 0.586 e. The monoisotopic (exact) mass is 241 g/mol. The summed E-state index contributed by atoms with van der Waals surface area (Å²) < 4.78 is 35.1. The van der Waals surface area contributed by atoms with Gasteiger partial charge in [0.1, 0.15) is 0 Å². The molecular weight excluding hydrogens is 228 g/mol. The Morgan fingerprint density at radius 2 is 2.18 bits per heavy atom. The van der Waals surface area contributed by atoms with Crippen LogP contribution >= 0.6 is 0 Å². The van der Waals surface area contributed by atoms with E-state index in [-0.39, 0.29) is 11.5 Å². The van der Waals surface area contributed by atoms with Gasteiger partial charge in [-0.1, -0.05) is 6.07 Å². The number of alkyl halides is 2. The van der Waals surface area contributed by atoms with Crippen molar-refractivity contribution in [2.45, 2.75) is 32.1 Å². The number of nitrogens with zero attached hydrogens (tertiary/aromatic N) is 1. The lowest BCUT2D eigenvalue weighted by atomic mass is 10.2. The van der Waals surface area contributed by atoms with Crippen LogP contribution in [0, 0.1) is 0 Å². The summed E-state index contributed by atoms with van der Waals surface area (Å²) in [5, 5.41) is 0. The molecule has 92 valence electrons. The quantitative estimate of drug-likeness (QED) is 0.754. The zero-order valence-electron chi connectivity index (χ0n) is 9.45. The lowest BCUT2D eigenvalue weighted by Gasteiger charge is -2.24. The Labute approximate surface area is 97.9 Å². The lowest BCUT2D eigenvalue weighted by molar-refractivity contribution is -0.286. The summed E-state index contributed by atoms with van der Waals surface area (Å²) in [5.74, 6) is 0.276. The highest BCUT2D eigenvalue weighted by molar-refractivity contribution is 5.66. The molecule has 17 heavy (non-hydrogen) atoms. The Morgan fingerprint density at radius 3 is 2.88 bits per heavy atom. The molecule has 0 radical (unpaired) electrons. The van der Waals surface area contributed by atoms with Crippen molar-refractivity contribution in [1.29, 1.82) is 0 Å². The summed E-state index contributed by atoms with van der Waals surface area (Å²) >= 11 is 0. The minimum absolute atomic E-state index is 0.117. The van der Waals surface area contributed by atoms with Gasteiger partial charge in [-0.3, -0.25) is 0 Å². The fourth-order valence-corrected chi connectivity index (χ4v) is 2.47. The van der Waals surface area contributed by atoms with Crippen molar-refractivity contribution in [2.75, 3.05) is 11.4 Å². The third-order valence-electron chi connectivity index (χ3n) is 3.27. The van der Waals surface area contributed by atoms with Crippen molar-refractivity contribution in [3.05, 3.63) is 18.2 Å². The maximum atomic E-state index is 13.0. The van der Waals surface area contributed by atoms with Crippen LogP contribution in [-0.4, -0.2) is 18.9 Å². The Bertz CT molecular complexity index is 450. The zero-order chi connectivity index (χ0) is 12.0. The highest BCUT2D eigenvalue weighted by Crippen LogP contribution is 2.48. The molecule has 0 amide bonds. The maximum absolute atomic E-state index is 13.0. The van der Waals surface area contributed by atoms with Crippen LogP contribution in [0.15, 0.2) is 18.2 Å². The van der Waals surface area contributed by atoms with Crippen LogP contribution in [0.25, 0.3) is 0 Å². The molecule has 0 N–H and O–H groups in total. The van der Waals surface area contributed by atoms with Crippen LogP contribution in [0.2, 0.25) is 0 Å². The number of benzene rings is 1. The van der Waals surface area contributed by atoms with Gasteiger partial charge in [0.2, 0.25) is 0 Å². The van der Waals surface area contributed by atoms with Crippen molar-refractivity contribution >= 4 is 5.69 Å². The third-order valence-corrected chi connectivity index (χ3v) is 3.27. The summed E-state index contributed by atoms with van der Waals surface area (Å²) in [6, 6.07) is 5.36. The SMILES string of the molecule is CC1CCCN1c1cccc2c1OC(F)(F)O2. The average molecular weight is 241 g/mol. The van der Waals surface area contributed by atoms with Crippen molar-refractivity contribution in [3.63, 3.8) is 0 Å². The minimum Gasteiger partial charge on any atom is -0.395 e. The van der Waals surface area contributed by atoms with Gasteiger partial charge >= 0.3 is 6.29 Å². The highest BCUT2D eigenvalue weighted by Gasteiger charge is 2.45. The number of ether oxygens (including phenoxy) is 2. The molecule has 2 aliphatic heterocycles. The number of hydrogen-bond acceptors (Lipinski definition) is 3. The summed E-state index contributed by atoms with van der Waals surface area (Å²) in [6.45, 7) is 2.95. The second-order valence-corrected chi connectivity index (χ2v) is 4.46. The first-order chi connectivity index (χ1) is 8.07. The topological polar surface area (TPSA) is 21.7 Å². The molecule has 3 rings (SSSR count).